The first-order valence-electron chi connectivity index (χ1n) is 12.1. The summed E-state index contributed by atoms with van der Waals surface area (Å²) in [4.78, 5) is 34.7. The number of anilines is 2. The number of carbonyl (C=O) groups is 2. The summed E-state index contributed by atoms with van der Waals surface area (Å²) >= 11 is 17.5. The van der Waals surface area contributed by atoms with Crippen LogP contribution < -0.4 is 15.4 Å². The lowest BCUT2D eigenvalue weighted by atomic mass is 10.1. The number of halogens is 6. The minimum absolute atomic E-state index is 0.0246. The van der Waals surface area contributed by atoms with Gasteiger partial charge in [-0.15, -0.1) is 0 Å². The predicted octanol–water partition coefficient (Wildman–Crippen LogP) is 7.11. The first-order chi connectivity index (χ1) is 19.9. The van der Waals surface area contributed by atoms with Crippen molar-refractivity contribution in [1.29, 1.82) is 5.26 Å². The number of carboxylic acids is 1. The van der Waals surface area contributed by atoms with Crippen LogP contribution in [0.5, 0.6) is 11.5 Å². The third-order valence-corrected chi connectivity index (χ3v) is 5.72. The Morgan fingerprint density at radius 3 is 2.26 bits per heavy atom. The van der Waals surface area contributed by atoms with Crippen LogP contribution in [0.1, 0.15) is 43.6 Å². The summed E-state index contributed by atoms with van der Waals surface area (Å²) < 4.78 is 48.1. The van der Waals surface area contributed by atoms with Gasteiger partial charge in [0.2, 0.25) is 17.2 Å². The number of esters is 1. The van der Waals surface area contributed by atoms with Crippen LogP contribution in [0, 0.1) is 11.3 Å². The third kappa shape index (κ3) is 10.9. The van der Waals surface area contributed by atoms with Gasteiger partial charge in [0.15, 0.2) is 6.10 Å². The zero-order valence-corrected chi connectivity index (χ0v) is 25.2. The fraction of sp³-hybridized carbons (Fsp3) is 0.308. The van der Waals surface area contributed by atoms with Gasteiger partial charge < -0.3 is 25.2 Å². The molecule has 0 saturated carbocycles. The van der Waals surface area contributed by atoms with Crippen molar-refractivity contribution in [2.24, 2.45) is 0 Å². The Labute approximate surface area is 258 Å². The molecule has 1 atom stereocenters. The van der Waals surface area contributed by atoms with E-state index in [1.807, 2.05) is 6.92 Å². The second-order valence-corrected chi connectivity index (χ2v) is 10.1. The fourth-order valence-corrected chi connectivity index (χ4v) is 3.41. The number of aromatic nitrogens is 3. The highest BCUT2D eigenvalue weighted by Crippen LogP contribution is 2.37. The summed E-state index contributed by atoms with van der Waals surface area (Å²) in [6.45, 7) is 7.21. The van der Waals surface area contributed by atoms with Gasteiger partial charge in [-0.2, -0.15) is 33.4 Å². The highest BCUT2D eigenvalue weighted by atomic mass is 35.5. The van der Waals surface area contributed by atoms with Crippen LogP contribution in [0.4, 0.5) is 25.1 Å². The molecule has 0 saturated heterocycles. The monoisotopic (exact) mass is 662 g/mol. The predicted molar refractivity (Wildman–Crippen MR) is 153 cm³/mol. The third-order valence-electron chi connectivity index (χ3n) is 4.92. The molecule has 11 nitrogen and oxygen atoms in total. The van der Waals surface area contributed by atoms with Gasteiger partial charge in [-0.25, -0.2) is 9.59 Å². The topological polar surface area (TPSA) is 159 Å². The van der Waals surface area contributed by atoms with Crippen LogP contribution in [0.25, 0.3) is 0 Å². The van der Waals surface area contributed by atoms with E-state index in [9.17, 15) is 22.8 Å². The van der Waals surface area contributed by atoms with Crippen LogP contribution in [0.15, 0.2) is 36.4 Å². The van der Waals surface area contributed by atoms with Gasteiger partial charge in [0.1, 0.15) is 17.0 Å². The normalized spacial score (nSPS) is 11.7. The van der Waals surface area contributed by atoms with Crippen molar-refractivity contribution in [2.75, 3.05) is 17.2 Å². The van der Waals surface area contributed by atoms with Gasteiger partial charge in [-0.1, -0.05) is 23.2 Å². The molecule has 230 valence electrons. The second kappa shape index (κ2) is 14.9. The molecule has 0 radical (unpaired) electrons. The molecule has 0 aliphatic heterocycles. The number of nitriles is 1. The van der Waals surface area contributed by atoms with Crippen LogP contribution >= 0.6 is 34.8 Å². The largest absolute Gasteiger partial charge is 0.479 e. The Morgan fingerprint density at radius 1 is 1.05 bits per heavy atom. The number of hydrogen-bond acceptors (Lipinski definition) is 10. The molecule has 43 heavy (non-hydrogen) atoms. The number of nitrogens with zero attached hydrogens (tertiary/aromatic N) is 4. The molecule has 0 aliphatic carbocycles. The molecule has 2 aromatic carbocycles. The summed E-state index contributed by atoms with van der Waals surface area (Å²) in [7, 11) is 0. The van der Waals surface area contributed by atoms with Gasteiger partial charge in [0.25, 0.3) is 0 Å². The molecule has 0 aliphatic rings. The van der Waals surface area contributed by atoms with Crippen molar-refractivity contribution in [3.05, 3.63) is 62.9 Å². The highest BCUT2D eigenvalue weighted by molar-refractivity contribution is 6.33. The van der Waals surface area contributed by atoms with E-state index in [4.69, 9.17) is 54.6 Å². The molecule has 1 heterocycles. The standard InChI is InChI=1S/C17H11Cl2F3O5.C9H13ClN6/c1-8(15(23)24)26-16(25)11-7-10(3-4-12(11)18)27-14-5-2-9(6-13(14)19)17(20,21)22;1-4-12-7-13-6(10)14-8(15-7)16-9(2,3)5-11/h2-8H,1H3,(H,23,24);4H2,1-3H3,(H2,12,13,14,15,16)/t8-;/m0./s1. The van der Waals surface area contributed by atoms with Crippen LogP contribution in [0.3, 0.4) is 0 Å². The second-order valence-electron chi connectivity index (χ2n) is 8.92. The quantitative estimate of drug-likeness (QED) is 0.200. The lowest BCUT2D eigenvalue weighted by molar-refractivity contribution is -0.146. The van der Waals surface area contributed by atoms with Crippen molar-refractivity contribution in [2.45, 2.75) is 45.5 Å². The molecule has 3 N–H and O–H groups in total. The van der Waals surface area contributed by atoms with E-state index in [1.165, 1.54) is 12.1 Å². The van der Waals surface area contributed by atoms with E-state index in [-0.39, 0.29) is 38.3 Å². The molecule has 0 fully saturated rings. The first-order valence-corrected chi connectivity index (χ1v) is 13.2. The van der Waals surface area contributed by atoms with E-state index in [2.05, 4.69) is 31.7 Å². The molecular weight excluding hydrogens is 640 g/mol. The van der Waals surface area contributed by atoms with Crippen LogP contribution in [-0.4, -0.2) is 50.2 Å². The van der Waals surface area contributed by atoms with Crippen molar-refractivity contribution in [3.63, 3.8) is 0 Å². The molecule has 0 unspecified atom stereocenters. The van der Waals surface area contributed by atoms with Gasteiger partial charge >= 0.3 is 18.1 Å². The van der Waals surface area contributed by atoms with Crippen LogP contribution in [-0.2, 0) is 15.7 Å². The lowest BCUT2D eigenvalue weighted by Gasteiger charge is -2.17. The summed E-state index contributed by atoms with van der Waals surface area (Å²) in [6.07, 6.45) is -5.96. The Morgan fingerprint density at radius 2 is 1.70 bits per heavy atom. The van der Waals surface area contributed by atoms with E-state index in [0.717, 1.165) is 25.1 Å². The maximum Gasteiger partial charge on any atom is 0.416 e. The van der Waals surface area contributed by atoms with E-state index in [1.54, 1.807) is 13.8 Å². The lowest BCUT2D eigenvalue weighted by Crippen LogP contribution is -2.29. The number of ether oxygens (including phenoxy) is 2. The fourth-order valence-electron chi connectivity index (χ4n) is 2.84. The summed E-state index contributed by atoms with van der Waals surface area (Å²) in [5.41, 5.74) is -1.87. The number of aliphatic carboxylic acids is 1. The SMILES string of the molecule is CCNc1nc(Cl)nc(NC(C)(C)C#N)n1.C[C@H](OC(=O)c1cc(Oc2ccc(C(F)(F)F)cc2Cl)ccc1Cl)C(=O)O. The summed E-state index contributed by atoms with van der Waals surface area (Å²) in [5.74, 6) is -1.72. The number of benzene rings is 2. The number of nitrogens with one attached hydrogen (secondary N) is 2. The van der Waals surface area contributed by atoms with Gasteiger partial charge in [0, 0.05) is 6.54 Å². The smallest absolute Gasteiger partial charge is 0.416 e. The summed E-state index contributed by atoms with van der Waals surface area (Å²) in [5, 5.41) is 23.2. The van der Waals surface area contributed by atoms with Gasteiger partial charge in [-0.3, -0.25) is 0 Å². The van der Waals surface area contributed by atoms with E-state index in [0.29, 0.717) is 18.6 Å². The maximum atomic E-state index is 12.7. The summed E-state index contributed by atoms with van der Waals surface area (Å²) in [6, 6.07) is 8.42. The molecule has 0 spiro atoms. The number of carbonyl (C=O) groups excluding carboxylic acids is 1. The van der Waals surface area contributed by atoms with Crippen molar-refractivity contribution in [3.8, 4) is 17.6 Å². The van der Waals surface area contributed by atoms with E-state index >= 15 is 0 Å². The highest BCUT2D eigenvalue weighted by Gasteiger charge is 2.31. The van der Waals surface area contributed by atoms with Crippen LogP contribution in [0.2, 0.25) is 15.3 Å². The molecule has 3 aromatic rings. The number of carboxylic acid groups (broad SMARTS) is 1. The minimum atomic E-state index is -4.56. The number of alkyl halides is 3. The molecular formula is C26H24Cl3F3N6O5. The zero-order chi connectivity index (χ0) is 32.5. The van der Waals surface area contributed by atoms with E-state index < -0.39 is 35.3 Å². The average molecular weight is 664 g/mol. The number of rotatable bonds is 9. The molecule has 17 heteroatoms. The van der Waals surface area contributed by atoms with Crippen molar-refractivity contribution >= 4 is 58.6 Å². The first kappa shape index (κ1) is 35.1. The van der Waals surface area contributed by atoms with Crippen molar-refractivity contribution in [1.82, 2.24) is 15.0 Å². The Kier molecular flexibility index (Phi) is 12.2. The zero-order valence-electron chi connectivity index (χ0n) is 22.9. The molecule has 1 aromatic heterocycles. The van der Waals surface area contributed by atoms with Crippen molar-refractivity contribution < 1.29 is 37.3 Å². The average Bonchev–Trinajstić information content (AvgIpc) is 2.90. The Balaban J connectivity index is 0.000000344. The minimum Gasteiger partial charge on any atom is -0.479 e. The van der Waals surface area contributed by atoms with Gasteiger partial charge in [0.05, 0.1) is 27.2 Å². The molecule has 3 rings (SSSR count). The number of hydrogen-bond donors (Lipinski definition) is 3. The Bertz CT molecular complexity index is 1520. The Hall–Kier alpha value is -4.06. The molecule has 0 bridgehead atoms. The maximum absolute atomic E-state index is 12.7. The molecule has 0 amide bonds. The van der Waals surface area contributed by atoms with Gasteiger partial charge in [-0.05, 0) is 75.7 Å².